The van der Waals surface area contributed by atoms with Gasteiger partial charge in [0.25, 0.3) is 11.8 Å². The van der Waals surface area contributed by atoms with Crippen LogP contribution >= 0.6 is 0 Å². The molecule has 1 aliphatic heterocycles. The first-order valence-electron chi connectivity index (χ1n) is 10.2. The van der Waals surface area contributed by atoms with Gasteiger partial charge in [0.15, 0.2) is 5.82 Å². The smallest absolute Gasteiger partial charge is 0.257 e. The molecular formula is C23H26N4O3. The molecule has 30 heavy (non-hydrogen) atoms. The van der Waals surface area contributed by atoms with Crippen molar-refractivity contribution in [2.75, 3.05) is 32.8 Å². The summed E-state index contributed by atoms with van der Waals surface area (Å²) in [5, 5.41) is 6.90. The summed E-state index contributed by atoms with van der Waals surface area (Å²) in [6.45, 7) is 7.52. The monoisotopic (exact) mass is 406 g/mol. The zero-order chi connectivity index (χ0) is 20.9. The highest BCUT2D eigenvalue weighted by atomic mass is 16.5. The third-order valence-corrected chi connectivity index (χ3v) is 5.33. The van der Waals surface area contributed by atoms with E-state index in [-0.39, 0.29) is 11.9 Å². The van der Waals surface area contributed by atoms with Crippen LogP contribution in [0.15, 0.2) is 53.1 Å². The van der Waals surface area contributed by atoms with E-state index in [0.717, 1.165) is 18.7 Å². The first-order valence-corrected chi connectivity index (χ1v) is 10.2. The average Bonchev–Trinajstić information content (AvgIpc) is 3.22. The lowest BCUT2D eigenvalue weighted by Crippen LogP contribution is -2.43. The second kappa shape index (κ2) is 9.19. The van der Waals surface area contributed by atoms with Crippen molar-refractivity contribution in [2.45, 2.75) is 19.9 Å². The van der Waals surface area contributed by atoms with Gasteiger partial charge in [0.2, 0.25) is 0 Å². The van der Waals surface area contributed by atoms with Crippen molar-refractivity contribution in [1.29, 1.82) is 0 Å². The first kappa shape index (κ1) is 20.3. The van der Waals surface area contributed by atoms with Crippen LogP contribution in [0.2, 0.25) is 0 Å². The highest BCUT2D eigenvalue weighted by molar-refractivity contribution is 5.94. The fourth-order valence-corrected chi connectivity index (χ4v) is 3.61. The molecule has 1 N–H and O–H groups in total. The molecule has 0 saturated carbocycles. The summed E-state index contributed by atoms with van der Waals surface area (Å²) in [6.07, 6.45) is 0. The Hall–Kier alpha value is -3.03. The van der Waals surface area contributed by atoms with E-state index >= 15 is 0 Å². The Morgan fingerprint density at radius 3 is 2.40 bits per heavy atom. The lowest BCUT2D eigenvalue weighted by Gasteiger charge is -2.35. The zero-order valence-electron chi connectivity index (χ0n) is 17.3. The average molecular weight is 406 g/mol. The molecule has 1 saturated heterocycles. The van der Waals surface area contributed by atoms with E-state index in [2.05, 4.69) is 51.5 Å². The Morgan fingerprint density at radius 2 is 1.77 bits per heavy atom. The van der Waals surface area contributed by atoms with E-state index in [1.54, 1.807) is 19.1 Å². The number of aromatic nitrogens is 2. The number of amides is 1. The molecule has 7 nitrogen and oxygen atoms in total. The summed E-state index contributed by atoms with van der Waals surface area (Å²) >= 11 is 0. The number of morpholine rings is 1. The molecule has 0 aliphatic carbocycles. The number of hydrogen-bond donors (Lipinski definition) is 1. The molecule has 0 radical (unpaired) electrons. The van der Waals surface area contributed by atoms with Gasteiger partial charge in [-0.3, -0.25) is 9.69 Å². The van der Waals surface area contributed by atoms with Crippen LogP contribution in [0.1, 0.15) is 33.4 Å². The molecule has 4 rings (SSSR count). The van der Waals surface area contributed by atoms with Crippen molar-refractivity contribution in [2.24, 2.45) is 0 Å². The van der Waals surface area contributed by atoms with E-state index in [1.807, 2.05) is 12.1 Å². The van der Waals surface area contributed by atoms with Crippen molar-refractivity contribution in [3.63, 3.8) is 0 Å². The van der Waals surface area contributed by atoms with Crippen LogP contribution in [0, 0.1) is 13.8 Å². The van der Waals surface area contributed by atoms with Gasteiger partial charge in [0.05, 0.1) is 19.3 Å². The standard InChI is InChI=1S/C23H26N4O3/c1-16-3-5-18(6-4-16)21(27-11-13-29-14-12-27)15-24-22(28)19-7-9-20(10-8-19)23-25-17(2)26-30-23/h3-10,21H,11-15H2,1-2H3,(H,24,28)/t21-/m0/s1. The molecule has 1 aromatic heterocycles. The summed E-state index contributed by atoms with van der Waals surface area (Å²) in [5.41, 5.74) is 3.81. The normalized spacial score (nSPS) is 15.7. The van der Waals surface area contributed by atoms with Gasteiger partial charge in [-0.2, -0.15) is 4.98 Å². The zero-order valence-corrected chi connectivity index (χ0v) is 17.3. The number of rotatable bonds is 6. The second-order valence-corrected chi connectivity index (χ2v) is 7.51. The molecule has 1 atom stereocenters. The Kier molecular flexibility index (Phi) is 6.21. The topological polar surface area (TPSA) is 80.5 Å². The number of benzene rings is 2. The van der Waals surface area contributed by atoms with Crippen LogP contribution in [0.4, 0.5) is 0 Å². The minimum absolute atomic E-state index is 0.103. The van der Waals surface area contributed by atoms with E-state index < -0.39 is 0 Å². The number of nitrogens with zero attached hydrogens (tertiary/aromatic N) is 3. The van der Waals surface area contributed by atoms with Crippen molar-refractivity contribution < 1.29 is 14.1 Å². The summed E-state index contributed by atoms with van der Waals surface area (Å²) in [4.78, 5) is 19.3. The molecule has 2 aromatic carbocycles. The van der Waals surface area contributed by atoms with Gasteiger partial charge in [0.1, 0.15) is 0 Å². The highest BCUT2D eigenvalue weighted by Crippen LogP contribution is 2.22. The summed E-state index contributed by atoms with van der Waals surface area (Å²) < 4.78 is 10.7. The molecule has 2 heterocycles. The molecule has 0 unspecified atom stereocenters. The van der Waals surface area contributed by atoms with Crippen molar-refractivity contribution in [3.05, 3.63) is 71.0 Å². The lowest BCUT2D eigenvalue weighted by molar-refractivity contribution is 0.0162. The molecule has 156 valence electrons. The minimum Gasteiger partial charge on any atom is -0.379 e. The summed E-state index contributed by atoms with van der Waals surface area (Å²) in [5.74, 6) is 0.928. The fraction of sp³-hybridized carbons (Fsp3) is 0.348. The first-order chi connectivity index (χ1) is 14.6. The van der Waals surface area contributed by atoms with Gasteiger partial charge < -0.3 is 14.6 Å². The number of carbonyl (C=O) groups excluding carboxylic acids is 1. The van der Waals surface area contributed by atoms with E-state index in [0.29, 0.717) is 37.0 Å². The Labute approximate surface area is 176 Å². The van der Waals surface area contributed by atoms with Crippen LogP contribution in [-0.4, -0.2) is 53.8 Å². The maximum atomic E-state index is 12.8. The Bertz CT molecular complexity index is 976. The van der Waals surface area contributed by atoms with Crippen LogP contribution in [0.5, 0.6) is 0 Å². The van der Waals surface area contributed by atoms with E-state index in [1.165, 1.54) is 11.1 Å². The van der Waals surface area contributed by atoms with Gasteiger partial charge >= 0.3 is 0 Å². The van der Waals surface area contributed by atoms with Crippen LogP contribution < -0.4 is 5.32 Å². The number of nitrogens with one attached hydrogen (secondary N) is 1. The largest absolute Gasteiger partial charge is 0.379 e. The molecule has 1 fully saturated rings. The predicted octanol–water partition coefficient (Wildman–Crippen LogP) is 3.16. The molecule has 1 aliphatic rings. The van der Waals surface area contributed by atoms with Crippen molar-refractivity contribution >= 4 is 5.91 Å². The molecule has 0 spiro atoms. The number of ether oxygens (including phenoxy) is 1. The number of aryl methyl sites for hydroxylation is 2. The van der Waals surface area contributed by atoms with Crippen molar-refractivity contribution in [1.82, 2.24) is 20.4 Å². The molecule has 1 amide bonds. The van der Waals surface area contributed by atoms with Crippen LogP contribution in [0.25, 0.3) is 11.5 Å². The van der Waals surface area contributed by atoms with Gasteiger partial charge in [-0.1, -0.05) is 35.0 Å². The van der Waals surface area contributed by atoms with Gasteiger partial charge in [0, 0.05) is 30.8 Å². The Balaban J connectivity index is 1.44. The molecule has 3 aromatic rings. The molecular weight excluding hydrogens is 380 g/mol. The van der Waals surface area contributed by atoms with Gasteiger partial charge in [-0.15, -0.1) is 0 Å². The van der Waals surface area contributed by atoms with Gasteiger partial charge in [-0.25, -0.2) is 0 Å². The van der Waals surface area contributed by atoms with Crippen LogP contribution in [-0.2, 0) is 4.74 Å². The molecule has 0 bridgehead atoms. The molecule has 7 heteroatoms. The Morgan fingerprint density at radius 1 is 1.07 bits per heavy atom. The summed E-state index contributed by atoms with van der Waals surface area (Å²) in [6, 6.07) is 15.8. The number of carbonyl (C=O) groups is 1. The minimum atomic E-state index is -0.103. The van der Waals surface area contributed by atoms with Crippen molar-refractivity contribution in [3.8, 4) is 11.5 Å². The third-order valence-electron chi connectivity index (χ3n) is 5.33. The second-order valence-electron chi connectivity index (χ2n) is 7.51. The third kappa shape index (κ3) is 4.75. The van der Waals surface area contributed by atoms with E-state index in [9.17, 15) is 4.79 Å². The SMILES string of the molecule is Cc1ccc([C@H](CNC(=O)c2ccc(-c3nc(C)no3)cc2)N2CCOCC2)cc1. The lowest BCUT2D eigenvalue weighted by atomic mass is 10.0. The summed E-state index contributed by atoms with van der Waals surface area (Å²) in [7, 11) is 0. The highest BCUT2D eigenvalue weighted by Gasteiger charge is 2.23. The predicted molar refractivity (Wildman–Crippen MR) is 113 cm³/mol. The number of hydrogen-bond acceptors (Lipinski definition) is 6. The maximum absolute atomic E-state index is 12.8. The maximum Gasteiger partial charge on any atom is 0.257 e. The van der Waals surface area contributed by atoms with Crippen LogP contribution in [0.3, 0.4) is 0 Å². The van der Waals surface area contributed by atoms with E-state index in [4.69, 9.17) is 9.26 Å². The fourth-order valence-electron chi connectivity index (χ4n) is 3.61. The van der Waals surface area contributed by atoms with Gasteiger partial charge in [-0.05, 0) is 43.7 Å². The quantitative estimate of drug-likeness (QED) is 0.677.